The van der Waals surface area contributed by atoms with Crippen LogP contribution in [0.2, 0.25) is 0 Å². The highest BCUT2D eigenvalue weighted by Gasteiger charge is 2.16. The van der Waals surface area contributed by atoms with Crippen LogP contribution in [0.25, 0.3) is 0 Å². The van der Waals surface area contributed by atoms with Crippen molar-refractivity contribution in [1.29, 1.82) is 0 Å². The van der Waals surface area contributed by atoms with Crippen LogP contribution in [0.4, 0.5) is 11.4 Å². The Morgan fingerprint density at radius 3 is 2.75 bits per heavy atom. The molecular formula is C16H23N5O3. The van der Waals surface area contributed by atoms with E-state index in [4.69, 9.17) is 10.6 Å². The minimum absolute atomic E-state index is 0.0235. The van der Waals surface area contributed by atoms with E-state index < -0.39 is 10.9 Å². The first-order valence-electron chi connectivity index (χ1n) is 8.37. The van der Waals surface area contributed by atoms with Crippen molar-refractivity contribution in [3.63, 3.8) is 0 Å². The molecule has 130 valence electrons. The summed E-state index contributed by atoms with van der Waals surface area (Å²) in [5, 5.41) is 7.06. The average Bonchev–Trinajstić information content (AvgIpc) is 3.05. The topological polar surface area (TPSA) is 102 Å². The van der Waals surface area contributed by atoms with Gasteiger partial charge in [0.05, 0.1) is 12.4 Å². The second-order valence-corrected chi connectivity index (χ2v) is 6.15. The molecule has 8 nitrogen and oxygen atoms in total. The Balaban J connectivity index is 1.35. The Morgan fingerprint density at radius 2 is 2.00 bits per heavy atom. The molecule has 0 bridgehead atoms. The molecule has 2 aromatic rings. The zero-order chi connectivity index (χ0) is 16.9. The van der Waals surface area contributed by atoms with Gasteiger partial charge in [0.1, 0.15) is 18.0 Å². The minimum atomic E-state index is -0.605. The third-order valence-electron chi connectivity index (χ3n) is 4.26. The van der Waals surface area contributed by atoms with Gasteiger partial charge in [0.15, 0.2) is 0 Å². The van der Waals surface area contributed by atoms with Crippen LogP contribution in [-0.4, -0.2) is 41.1 Å². The maximum atomic E-state index is 11.2. The van der Waals surface area contributed by atoms with Gasteiger partial charge in [0.25, 0.3) is 10.9 Å². The second kappa shape index (κ2) is 7.48. The Morgan fingerprint density at radius 1 is 1.21 bits per heavy atom. The fourth-order valence-electron chi connectivity index (χ4n) is 2.90. The molecule has 1 aromatic carbocycles. The quantitative estimate of drug-likeness (QED) is 0.517. The molecule has 0 radical (unpaired) electrons. The molecule has 8 heteroatoms. The van der Waals surface area contributed by atoms with Crippen LogP contribution in [0, 0.1) is 0 Å². The average molecular weight is 333 g/mol. The van der Waals surface area contributed by atoms with Gasteiger partial charge in [0, 0.05) is 25.1 Å². The molecule has 3 N–H and O–H groups in total. The van der Waals surface area contributed by atoms with Gasteiger partial charge in [-0.25, -0.2) is 0 Å². The molecule has 0 spiro atoms. The molecule has 1 aliphatic rings. The normalized spacial score (nSPS) is 15.7. The van der Waals surface area contributed by atoms with Crippen LogP contribution < -0.4 is 26.7 Å². The van der Waals surface area contributed by atoms with Gasteiger partial charge in [-0.3, -0.25) is 14.5 Å². The number of hydrogen-bond acceptors (Lipinski definition) is 7. The van der Waals surface area contributed by atoms with E-state index in [1.807, 2.05) is 12.4 Å². The Kier molecular flexibility index (Phi) is 5.14. The van der Waals surface area contributed by atoms with Gasteiger partial charge < -0.3 is 15.9 Å². The third kappa shape index (κ3) is 3.76. The minimum Gasteiger partial charge on any atom is -0.397 e. The summed E-state index contributed by atoms with van der Waals surface area (Å²) in [7, 11) is 0. The predicted molar refractivity (Wildman–Crippen MR) is 91.7 cm³/mol. The van der Waals surface area contributed by atoms with Crippen LogP contribution in [0.5, 0.6) is 0 Å². The predicted octanol–water partition coefficient (Wildman–Crippen LogP) is -0.0220. The summed E-state index contributed by atoms with van der Waals surface area (Å²) in [6.45, 7) is 4.18. The number of nitrogens with two attached hydrogens (primary N) is 1. The van der Waals surface area contributed by atoms with E-state index in [9.17, 15) is 9.59 Å². The summed E-state index contributed by atoms with van der Waals surface area (Å²) in [6, 6.07) is 0. The van der Waals surface area contributed by atoms with Crippen LogP contribution in [0.1, 0.15) is 31.2 Å². The first-order valence-corrected chi connectivity index (χ1v) is 8.37. The molecule has 0 amide bonds. The number of hydrogen-bond donors (Lipinski definition) is 2. The standard InChI is InChI=1S/C16H23N5O3/c17-13-14(16(23)15(13)22)18-5-4-8-24-21-11-12(9-19-21)10-20-6-2-1-3-7-20/h9,11,18H,1-8,10,17H2. The fraction of sp³-hybridized carbons (Fsp3) is 0.562. The lowest BCUT2D eigenvalue weighted by Gasteiger charge is -2.25. The maximum absolute atomic E-state index is 11.2. The number of nitrogens with zero attached hydrogens (tertiary/aromatic N) is 3. The van der Waals surface area contributed by atoms with Crippen LogP contribution in [-0.2, 0) is 6.54 Å². The van der Waals surface area contributed by atoms with Crippen LogP contribution in [0.3, 0.4) is 0 Å². The van der Waals surface area contributed by atoms with E-state index in [2.05, 4.69) is 15.3 Å². The molecule has 0 saturated carbocycles. The summed E-state index contributed by atoms with van der Waals surface area (Å²) in [4.78, 5) is 31.6. The molecule has 3 rings (SSSR count). The number of anilines is 2. The van der Waals surface area contributed by atoms with Gasteiger partial charge in [-0.15, -0.1) is 9.94 Å². The van der Waals surface area contributed by atoms with E-state index >= 15 is 0 Å². The lowest BCUT2D eigenvalue weighted by Crippen LogP contribution is -2.37. The highest BCUT2D eigenvalue weighted by Crippen LogP contribution is 2.12. The zero-order valence-electron chi connectivity index (χ0n) is 13.7. The number of likely N-dealkylation sites (tertiary alicyclic amines) is 1. The first-order chi connectivity index (χ1) is 11.6. The summed E-state index contributed by atoms with van der Waals surface area (Å²) in [5.74, 6) is 0. The van der Waals surface area contributed by atoms with Crippen molar-refractivity contribution in [2.24, 2.45) is 0 Å². The van der Waals surface area contributed by atoms with Gasteiger partial charge in [-0.1, -0.05) is 6.42 Å². The third-order valence-corrected chi connectivity index (χ3v) is 4.26. The van der Waals surface area contributed by atoms with E-state index in [0.29, 0.717) is 19.6 Å². The Labute approximate surface area is 139 Å². The molecule has 1 fully saturated rings. The molecule has 0 unspecified atom stereocenters. The molecule has 1 aromatic heterocycles. The molecule has 1 aliphatic heterocycles. The lowest BCUT2D eigenvalue weighted by atomic mass is 10.1. The highest BCUT2D eigenvalue weighted by atomic mass is 16.7. The number of nitrogens with one attached hydrogen (secondary N) is 1. The van der Waals surface area contributed by atoms with Crippen molar-refractivity contribution in [3.8, 4) is 0 Å². The molecule has 0 atom stereocenters. The molecule has 24 heavy (non-hydrogen) atoms. The Bertz CT molecular complexity index is 741. The highest BCUT2D eigenvalue weighted by molar-refractivity contribution is 5.71. The molecule has 1 saturated heterocycles. The monoisotopic (exact) mass is 333 g/mol. The first kappa shape index (κ1) is 16.5. The number of nitrogen functional groups attached to an aromatic ring is 1. The number of aromatic nitrogens is 2. The van der Waals surface area contributed by atoms with E-state index in [0.717, 1.165) is 25.2 Å². The van der Waals surface area contributed by atoms with E-state index in [1.165, 1.54) is 24.1 Å². The maximum Gasteiger partial charge on any atom is 0.253 e. The van der Waals surface area contributed by atoms with E-state index in [1.54, 1.807) is 0 Å². The van der Waals surface area contributed by atoms with Crippen LogP contribution >= 0.6 is 0 Å². The molecule has 2 heterocycles. The van der Waals surface area contributed by atoms with Crippen molar-refractivity contribution in [2.45, 2.75) is 32.2 Å². The van der Waals surface area contributed by atoms with Crippen molar-refractivity contribution < 1.29 is 4.84 Å². The number of rotatable bonds is 8. The summed E-state index contributed by atoms with van der Waals surface area (Å²) >= 11 is 0. The Hall–Kier alpha value is -2.35. The summed E-state index contributed by atoms with van der Waals surface area (Å²) in [5.41, 5.74) is 5.69. The fourth-order valence-corrected chi connectivity index (χ4v) is 2.90. The SMILES string of the molecule is Nc1c(NCCCOn2cc(CN3CCCCC3)cn2)c(=O)c1=O. The van der Waals surface area contributed by atoms with Crippen molar-refractivity contribution in [2.75, 3.05) is 37.3 Å². The van der Waals surface area contributed by atoms with Crippen molar-refractivity contribution in [1.82, 2.24) is 14.8 Å². The number of piperidine rings is 1. The lowest BCUT2D eigenvalue weighted by molar-refractivity contribution is 0.0818. The summed E-state index contributed by atoms with van der Waals surface area (Å²) < 4.78 is 0. The van der Waals surface area contributed by atoms with Gasteiger partial charge in [0.2, 0.25) is 0 Å². The zero-order valence-corrected chi connectivity index (χ0v) is 13.7. The van der Waals surface area contributed by atoms with Crippen LogP contribution in [0.15, 0.2) is 22.0 Å². The van der Waals surface area contributed by atoms with Crippen molar-refractivity contribution in [3.05, 3.63) is 38.4 Å². The largest absolute Gasteiger partial charge is 0.397 e. The second-order valence-electron chi connectivity index (χ2n) is 6.15. The van der Waals surface area contributed by atoms with Gasteiger partial charge in [-0.05, 0) is 25.9 Å². The van der Waals surface area contributed by atoms with E-state index in [-0.39, 0.29) is 11.4 Å². The van der Waals surface area contributed by atoms with Gasteiger partial charge >= 0.3 is 0 Å². The molecular weight excluding hydrogens is 310 g/mol. The summed E-state index contributed by atoms with van der Waals surface area (Å²) in [6.07, 6.45) is 8.27. The van der Waals surface area contributed by atoms with Crippen molar-refractivity contribution >= 4 is 11.4 Å². The smallest absolute Gasteiger partial charge is 0.253 e. The molecule has 0 aliphatic carbocycles. The van der Waals surface area contributed by atoms with Gasteiger partial charge in [-0.2, -0.15) is 0 Å².